The number of hydrogen-bond donors (Lipinski definition) is 1. The van der Waals surface area contributed by atoms with Crippen LogP contribution in [-0.4, -0.2) is 24.4 Å². The normalized spacial score (nSPS) is 15.6. The number of pyridine rings is 1. The summed E-state index contributed by atoms with van der Waals surface area (Å²) in [6.45, 7) is 0. The second-order valence-electron chi connectivity index (χ2n) is 3.61. The Labute approximate surface area is 96.6 Å². The molecule has 1 aliphatic carbocycles. The molecule has 1 fully saturated rings. The molecular formula is C8H9N3O5S. The average molecular weight is 259 g/mol. The van der Waals surface area contributed by atoms with Crippen molar-refractivity contribution in [2.75, 3.05) is 0 Å². The molecule has 0 aliphatic heterocycles. The fourth-order valence-electron chi connectivity index (χ4n) is 1.19. The fraction of sp³-hybridized carbons (Fsp3) is 0.375. The van der Waals surface area contributed by atoms with Crippen molar-refractivity contribution >= 4 is 15.8 Å². The molecule has 0 radical (unpaired) electrons. The number of ether oxygens (including phenoxy) is 1. The summed E-state index contributed by atoms with van der Waals surface area (Å²) in [5, 5.41) is 15.5. The van der Waals surface area contributed by atoms with Crippen LogP contribution in [0.1, 0.15) is 12.8 Å². The SMILES string of the molecule is NS(=O)(=O)c1cc([N+](=O)[O-])ncc1OC1CC1. The van der Waals surface area contributed by atoms with Crippen LogP contribution in [0.2, 0.25) is 0 Å². The van der Waals surface area contributed by atoms with Crippen molar-refractivity contribution in [1.82, 2.24) is 4.98 Å². The van der Waals surface area contributed by atoms with Crippen LogP contribution in [0.3, 0.4) is 0 Å². The third kappa shape index (κ3) is 2.68. The van der Waals surface area contributed by atoms with E-state index in [0.29, 0.717) is 0 Å². The Hall–Kier alpha value is -1.74. The molecule has 0 spiro atoms. The third-order valence-electron chi connectivity index (χ3n) is 2.13. The van der Waals surface area contributed by atoms with E-state index in [9.17, 15) is 18.5 Å². The molecule has 1 aromatic heterocycles. The summed E-state index contributed by atoms with van der Waals surface area (Å²) in [4.78, 5) is 12.8. The summed E-state index contributed by atoms with van der Waals surface area (Å²) >= 11 is 0. The van der Waals surface area contributed by atoms with Crippen molar-refractivity contribution in [1.29, 1.82) is 0 Å². The first-order valence-electron chi connectivity index (χ1n) is 4.72. The molecule has 0 aromatic carbocycles. The van der Waals surface area contributed by atoms with Gasteiger partial charge < -0.3 is 14.9 Å². The molecule has 0 amide bonds. The lowest BCUT2D eigenvalue weighted by atomic mass is 10.4. The van der Waals surface area contributed by atoms with Crippen molar-refractivity contribution < 1.29 is 18.1 Å². The minimum atomic E-state index is -4.08. The first-order chi connectivity index (χ1) is 7.88. The van der Waals surface area contributed by atoms with Crippen LogP contribution in [0.15, 0.2) is 17.2 Å². The Bertz CT molecular complexity index is 567. The highest BCUT2D eigenvalue weighted by Crippen LogP contribution is 2.31. The van der Waals surface area contributed by atoms with Gasteiger partial charge in [-0.2, -0.15) is 0 Å². The highest BCUT2D eigenvalue weighted by atomic mass is 32.2. The minimum Gasteiger partial charge on any atom is -0.485 e. The molecule has 1 heterocycles. The maximum absolute atomic E-state index is 11.3. The largest absolute Gasteiger partial charge is 0.485 e. The number of hydrogen-bond acceptors (Lipinski definition) is 6. The molecule has 8 nitrogen and oxygen atoms in total. The topological polar surface area (TPSA) is 125 Å². The van der Waals surface area contributed by atoms with E-state index in [1.165, 1.54) is 0 Å². The van der Waals surface area contributed by atoms with E-state index < -0.39 is 25.7 Å². The Balaban J connectivity index is 2.47. The zero-order valence-corrected chi connectivity index (χ0v) is 9.38. The maximum Gasteiger partial charge on any atom is 0.365 e. The summed E-state index contributed by atoms with van der Waals surface area (Å²) in [7, 11) is -4.08. The second kappa shape index (κ2) is 3.93. The molecule has 9 heteroatoms. The van der Waals surface area contributed by atoms with Crippen molar-refractivity contribution in [2.24, 2.45) is 5.14 Å². The lowest BCUT2D eigenvalue weighted by Gasteiger charge is -2.06. The number of primary sulfonamides is 1. The minimum absolute atomic E-state index is 0.0411. The molecule has 0 saturated heterocycles. The van der Waals surface area contributed by atoms with Crippen molar-refractivity contribution in [3.8, 4) is 5.75 Å². The highest BCUT2D eigenvalue weighted by Gasteiger charge is 2.29. The van der Waals surface area contributed by atoms with Gasteiger partial charge in [-0.05, 0) is 22.7 Å². The number of rotatable bonds is 4. The molecule has 2 N–H and O–H groups in total. The van der Waals surface area contributed by atoms with Gasteiger partial charge in [0.15, 0.2) is 11.9 Å². The quantitative estimate of drug-likeness (QED) is 0.607. The second-order valence-corrected chi connectivity index (χ2v) is 5.14. The van der Waals surface area contributed by atoms with Crippen molar-refractivity contribution in [3.63, 3.8) is 0 Å². The Morgan fingerprint density at radius 1 is 1.53 bits per heavy atom. The Morgan fingerprint density at radius 2 is 2.18 bits per heavy atom. The van der Waals surface area contributed by atoms with Crippen LogP contribution in [0.5, 0.6) is 5.75 Å². The lowest BCUT2D eigenvalue weighted by molar-refractivity contribution is -0.389. The van der Waals surface area contributed by atoms with E-state index in [-0.39, 0.29) is 11.9 Å². The van der Waals surface area contributed by atoms with Crippen molar-refractivity contribution in [3.05, 3.63) is 22.4 Å². The van der Waals surface area contributed by atoms with E-state index >= 15 is 0 Å². The predicted molar refractivity (Wildman–Crippen MR) is 55.9 cm³/mol. The summed E-state index contributed by atoms with van der Waals surface area (Å²) in [6, 6.07) is 0.799. The smallest absolute Gasteiger partial charge is 0.365 e. The van der Waals surface area contributed by atoms with Crippen molar-refractivity contribution in [2.45, 2.75) is 23.8 Å². The first kappa shape index (κ1) is 11.7. The summed E-state index contributed by atoms with van der Waals surface area (Å²) in [6.07, 6.45) is 2.59. The van der Waals surface area contributed by atoms with E-state index in [4.69, 9.17) is 9.88 Å². The molecule has 1 aromatic rings. The number of nitrogens with zero attached hydrogens (tertiary/aromatic N) is 2. The van der Waals surface area contributed by atoms with Crippen LogP contribution in [-0.2, 0) is 10.0 Å². The predicted octanol–water partition coefficient (Wildman–Crippen LogP) is 0.178. The van der Waals surface area contributed by atoms with Gasteiger partial charge in [0.05, 0.1) is 12.2 Å². The number of nitrogens with two attached hydrogens (primary N) is 1. The summed E-state index contributed by atoms with van der Waals surface area (Å²) in [5.41, 5.74) is 0. The van der Waals surface area contributed by atoms with Crippen LogP contribution in [0.4, 0.5) is 5.82 Å². The van der Waals surface area contributed by atoms with Gasteiger partial charge in [-0.1, -0.05) is 0 Å². The molecule has 17 heavy (non-hydrogen) atoms. The van der Waals surface area contributed by atoms with Gasteiger partial charge in [0.25, 0.3) is 0 Å². The molecule has 2 rings (SSSR count). The lowest BCUT2D eigenvalue weighted by Crippen LogP contribution is -2.15. The van der Waals surface area contributed by atoms with Crippen LogP contribution in [0, 0.1) is 10.1 Å². The highest BCUT2D eigenvalue weighted by molar-refractivity contribution is 7.89. The van der Waals surface area contributed by atoms with Gasteiger partial charge in [-0.25, -0.2) is 13.6 Å². The molecule has 0 bridgehead atoms. The summed E-state index contributed by atoms with van der Waals surface area (Å²) in [5.74, 6) is -0.627. The van der Waals surface area contributed by atoms with Gasteiger partial charge in [0, 0.05) is 0 Å². The molecule has 0 unspecified atom stereocenters. The van der Waals surface area contributed by atoms with E-state index in [2.05, 4.69) is 4.98 Å². The maximum atomic E-state index is 11.3. The van der Waals surface area contributed by atoms with Crippen LogP contribution in [0.25, 0.3) is 0 Å². The van der Waals surface area contributed by atoms with Gasteiger partial charge in [0.1, 0.15) is 4.90 Å². The zero-order chi connectivity index (χ0) is 12.6. The van der Waals surface area contributed by atoms with Crippen LogP contribution >= 0.6 is 0 Å². The molecule has 1 aliphatic rings. The van der Waals surface area contributed by atoms with Gasteiger partial charge in [0.2, 0.25) is 10.0 Å². The number of nitro groups is 1. The molecule has 1 saturated carbocycles. The molecule has 92 valence electrons. The van der Waals surface area contributed by atoms with Gasteiger partial charge >= 0.3 is 5.82 Å². The van der Waals surface area contributed by atoms with E-state index in [0.717, 1.165) is 25.1 Å². The molecular weight excluding hydrogens is 250 g/mol. The Morgan fingerprint density at radius 3 is 2.65 bits per heavy atom. The zero-order valence-electron chi connectivity index (χ0n) is 8.57. The van der Waals surface area contributed by atoms with E-state index in [1.807, 2.05) is 0 Å². The third-order valence-corrected chi connectivity index (χ3v) is 3.06. The van der Waals surface area contributed by atoms with Crippen LogP contribution < -0.4 is 9.88 Å². The van der Waals surface area contributed by atoms with Gasteiger partial charge in [-0.3, -0.25) is 0 Å². The standard InChI is InChI=1S/C8H9N3O5S/c9-17(14,15)7-3-8(11(12)13)10-4-6(7)16-5-1-2-5/h3-5H,1-2H2,(H2,9,14,15). The fourth-order valence-corrected chi connectivity index (χ4v) is 1.84. The average Bonchev–Trinajstić information content (AvgIpc) is 3.00. The summed E-state index contributed by atoms with van der Waals surface area (Å²) < 4.78 is 27.8. The number of aromatic nitrogens is 1. The van der Waals surface area contributed by atoms with Gasteiger partial charge in [-0.15, -0.1) is 0 Å². The monoisotopic (exact) mass is 259 g/mol. The Kier molecular flexibility index (Phi) is 2.71. The molecule has 0 atom stereocenters. The number of sulfonamides is 1. The first-order valence-corrected chi connectivity index (χ1v) is 6.26. The van der Waals surface area contributed by atoms with E-state index in [1.54, 1.807) is 0 Å².